The molecule has 108 valence electrons. The van der Waals surface area contributed by atoms with E-state index in [0.717, 1.165) is 22.0 Å². The van der Waals surface area contributed by atoms with Crippen molar-refractivity contribution in [3.8, 4) is 5.75 Å². The zero-order valence-electron chi connectivity index (χ0n) is 11.7. The number of benzene rings is 1. The van der Waals surface area contributed by atoms with E-state index in [9.17, 15) is 0 Å². The second kappa shape index (κ2) is 6.46. The van der Waals surface area contributed by atoms with Crippen molar-refractivity contribution in [3.63, 3.8) is 0 Å². The zero-order chi connectivity index (χ0) is 14.8. The lowest BCUT2D eigenvalue weighted by atomic mass is 9.93. The minimum Gasteiger partial charge on any atom is -0.486 e. The maximum Gasteiger partial charge on any atom is 0.140 e. The number of halogens is 2. The number of rotatable bonds is 4. The van der Waals surface area contributed by atoms with E-state index in [0.29, 0.717) is 17.0 Å². The van der Waals surface area contributed by atoms with Gasteiger partial charge in [-0.25, -0.2) is 4.98 Å². The molecule has 0 fully saturated rings. The van der Waals surface area contributed by atoms with Gasteiger partial charge in [0.2, 0.25) is 0 Å². The van der Waals surface area contributed by atoms with Crippen molar-refractivity contribution >= 4 is 38.9 Å². The highest BCUT2D eigenvalue weighted by atomic mass is 79.9. The molecule has 0 amide bonds. The van der Waals surface area contributed by atoms with Crippen LogP contribution >= 0.6 is 38.9 Å². The van der Waals surface area contributed by atoms with Crippen molar-refractivity contribution < 1.29 is 4.74 Å². The number of hydrogen-bond donors (Lipinski definition) is 0. The lowest BCUT2D eigenvalue weighted by Gasteiger charge is -2.14. The third kappa shape index (κ3) is 3.74. The molecule has 2 aromatic rings. The van der Waals surface area contributed by atoms with Gasteiger partial charge in [-0.15, -0.1) is 11.3 Å². The smallest absolute Gasteiger partial charge is 0.140 e. The second-order valence-electron chi connectivity index (χ2n) is 5.52. The Bertz CT molecular complexity index is 592. The highest BCUT2D eigenvalue weighted by molar-refractivity contribution is 9.08. The van der Waals surface area contributed by atoms with Gasteiger partial charge < -0.3 is 4.74 Å². The summed E-state index contributed by atoms with van der Waals surface area (Å²) in [5, 5.41) is 4.47. The van der Waals surface area contributed by atoms with Crippen molar-refractivity contribution in [3.05, 3.63) is 44.9 Å². The minimum atomic E-state index is 0.0752. The Morgan fingerprint density at radius 3 is 2.70 bits per heavy atom. The normalized spacial score (nSPS) is 11.7. The van der Waals surface area contributed by atoms with Crippen LogP contribution < -0.4 is 4.74 Å². The van der Waals surface area contributed by atoms with Crippen LogP contribution in [0.1, 0.15) is 37.0 Å². The molecule has 0 N–H and O–H groups in total. The van der Waals surface area contributed by atoms with Crippen molar-refractivity contribution in [2.45, 2.75) is 38.1 Å². The van der Waals surface area contributed by atoms with Crippen LogP contribution in [0.25, 0.3) is 0 Å². The molecule has 1 heterocycles. The Morgan fingerprint density at radius 2 is 2.10 bits per heavy atom. The van der Waals surface area contributed by atoms with Gasteiger partial charge in [0.25, 0.3) is 0 Å². The first kappa shape index (κ1) is 15.8. The summed E-state index contributed by atoms with van der Waals surface area (Å²) in [4.78, 5) is 4.62. The Hall–Kier alpha value is -0.580. The summed E-state index contributed by atoms with van der Waals surface area (Å²) in [5.41, 5.74) is 2.15. The molecule has 0 bridgehead atoms. The number of nitrogens with zero attached hydrogens (tertiary/aromatic N) is 1. The van der Waals surface area contributed by atoms with E-state index in [1.807, 2.05) is 18.2 Å². The van der Waals surface area contributed by atoms with Crippen LogP contribution in [-0.2, 0) is 17.4 Å². The first-order valence-electron chi connectivity index (χ1n) is 6.33. The van der Waals surface area contributed by atoms with Gasteiger partial charge in [0.1, 0.15) is 17.4 Å². The van der Waals surface area contributed by atoms with Gasteiger partial charge in [-0.05, 0) is 12.1 Å². The van der Waals surface area contributed by atoms with Gasteiger partial charge in [0.15, 0.2) is 0 Å². The quantitative estimate of drug-likeness (QED) is 0.653. The molecular formula is C15H17BrClNOS. The lowest BCUT2D eigenvalue weighted by molar-refractivity contribution is 0.302. The molecule has 0 radical (unpaired) electrons. The Kier molecular flexibility index (Phi) is 5.10. The van der Waals surface area contributed by atoms with Gasteiger partial charge >= 0.3 is 0 Å². The average Bonchev–Trinajstić information content (AvgIpc) is 2.85. The molecule has 0 saturated heterocycles. The predicted octanol–water partition coefficient (Wildman–Crippen LogP) is 5.57. The van der Waals surface area contributed by atoms with Crippen LogP contribution in [-0.4, -0.2) is 4.98 Å². The first-order valence-corrected chi connectivity index (χ1v) is 8.70. The van der Waals surface area contributed by atoms with Gasteiger partial charge in [-0.2, -0.15) is 0 Å². The number of alkyl halides is 1. The molecule has 0 spiro atoms. The van der Waals surface area contributed by atoms with E-state index in [1.54, 1.807) is 11.3 Å². The topological polar surface area (TPSA) is 22.1 Å². The number of thiazole rings is 1. The second-order valence-corrected chi connectivity index (χ2v) is 7.43. The summed E-state index contributed by atoms with van der Waals surface area (Å²) < 4.78 is 5.85. The van der Waals surface area contributed by atoms with Crippen LogP contribution in [0.15, 0.2) is 23.6 Å². The summed E-state index contributed by atoms with van der Waals surface area (Å²) in [6.45, 7) is 6.95. The van der Waals surface area contributed by atoms with E-state index in [4.69, 9.17) is 16.3 Å². The summed E-state index contributed by atoms with van der Waals surface area (Å²) >= 11 is 11.2. The lowest BCUT2D eigenvalue weighted by Crippen LogP contribution is -2.11. The number of ether oxygens (including phenoxy) is 1. The first-order chi connectivity index (χ1) is 9.41. The van der Waals surface area contributed by atoms with Gasteiger partial charge in [-0.3, -0.25) is 0 Å². The van der Waals surface area contributed by atoms with E-state index >= 15 is 0 Å². The molecule has 20 heavy (non-hydrogen) atoms. The maximum absolute atomic E-state index is 6.15. The SMILES string of the molecule is CC(C)(C)c1csc(COc2cccc(Cl)c2CBr)n1. The van der Waals surface area contributed by atoms with Gasteiger partial charge in [-0.1, -0.05) is 54.4 Å². The summed E-state index contributed by atoms with van der Waals surface area (Å²) in [6.07, 6.45) is 0. The fourth-order valence-electron chi connectivity index (χ4n) is 1.66. The van der Waals surface area contributed by atoms with Gasteiger partial charge in [0, 0.05) is 26.7 Å². The zero-order valence-corrected chi connectivity index (χ0v) is 14.9. The van der Waals surface area contributed by atoms with E-state index in [1.165, 1.54) is 0 Å². The van der Waals surface area contributed by atoms with Crippen molar-refractivity contribution in [1.29, 1.82) is 0 Å². The van der Waals surface area contributed by atoms with E-state index in [-0.39, 0.29) is 5.41 Å². The standard InChI is InChI=1S/C15H17BrClNOS/c1-15(2,3)13-9-20-14(18-13)8-19-12-6-4-5-11(17)10(12)7-16/h4-6,9H,7-8H2,1-3H3. The molecule has 0 atom stereocenters. The average molecular weight is 375 g/mol. The van der Waals surface area contributed by atoms with Crippen molar-refractivity contribution in [2.75, 3.05) is 0 Å². The third-order valence-corrected chi connectivity index (χ3v) is 4.62. The fourth-order valence-corrected chi connectivity index (χ4v) is 3.57. The number of aromatic nitrogens is 1. The highest BCUT2D eigenvalue weighted by Crippen LogP contribution is 2.30. The molecule has 1 aromatic carbocycles. The fraction of sp³-hybridized carbons (Fsp3) is 0.400. The Balaban J connectivity index is 2.10. The molecule has 0 aliphatic rings. The van der Waals surface area contributed by atoms with Crippen LogP contribution in [0.2, 0.25) is 5.02 Å². The Morgan fingerprint density at radius 1 is 1.35 bits per heavy atom. The predicted molar refractivity (Wildman–Crippen MR) is 89.2 cm³/mol. The molecule has 0 saturated carbocycles. The van der Waals surface area contributed by atoms with Crippen molar-refractivity contribution in [1.82, 2.24) is 4.98 Å². The Labute approximate surface area is 137 Å². The van der Waals surface area contributed by atoms with E-state index in [2.05, 4.69) is 47.1 Å². The van der Waals surface area contributed by atoms with E-state index < -0.39 is 0 Å². The minimum absolute atomic E-state index is 0.0752. The van der Waals surface area contributed by atoms with Crippen molar-refractivity contribution in [2.24, 2.45) is 0 Å². The monoisotopic (exact) mass is 373 g/mol. The maximum atomic E-state index is 6.15. The summed E-state index contributed by atoms with van der Waals surface area (Å²) in [6, 6.07) is 5.69. The molecule has 0 aliphatic carbocycles. The molecule has 1 aromatic heterocycles. The highest BCUT2D eigenvalue weighted by Gasteiger charge is 2.17. The number of hydrogen-bond acceptors (Lipinski definition) is 3. The third-order valence-electron chi connectivity index (χ3n) is 2.88. The molecule has 0 unspecified atom stereocenters. The molecule has 2 nitrogen and oxygen atoms in total. The summed E-state index contributed by atoms with van der Waals surface area (Å²) in [7, 11) is 0. The molecular weight excluding hydrogens is 358 g/mol. The van der Waals surface area contributed by atoms with Crippen LogP contribution in [0.5, 0.6) is 5.75 Å². The molecule has 0 aliphatic heterocycles. The molecule has 5 heteroatoms. The van der Waals surface area contributed by atoms with Gasteiger partial charge in [0.05, 0.1) is 5.69 Å². The largest absolute Gasteiger partial charge is 0.486 e. The van der Waals surface area contributed by atoms with Crippen LogP contribution in [0, 0.1) is 0 Å². The molecule has 2 rings (SSSR count). The van der Waals surface area contributed by atoms with Crippen LogP contribution in [0.4, 0.5) is 0 Å². The van der Waals surface area contributed by atoms with Crippen LogP contribution in [0.3, 0.4) is 0 Å². The summed E-state index contributed by atoms with van der Waals surface area (Å²) in [5.74, 6) is 0.807.